The minimum Gasteiger partial charge on any atom is -0.456 e. The Bertz CT molecular complexity index is 3090. The average Bonchev–Trinajstić information content (AvgIpc) is 3.57. The predicted molar refractivity (Wildman–Crippen MR) is 246 cm³/mol. The van der Waals surface area contributed by atoms with Crippen molar-refractivity contribution in [3.8, 4) is 28.7 Å². The number of nitrogens with zero attached hydrogens (tertiary/aromatic N) is 1. The van der Waals surface area contributed by atoms with Crippen LogP contribution in [-0.4, -0.2) is 16.1 Å². The second-order valence-corrected chi connectivity index (χ2v) is 20.6. The third-order valence-electron chi connectivity index (χ3n) is 11.7. The Morgan fingerprint density at radius 1 is 0.492 bits per heavy atom. The number of benzene rings is 7. The lowest BCUT2D eigenvalue weighted by molar-refractivity contribution is 0.103. The van der Waals surface area contributed by atoms with Gasteiger partial charge in [-0.1, -0.05) is 53.7 Å². The molecule has 5 nitrogen and oxygen atoms in total. The number of fused-ring (bicyclic) bond motifs is 7. The summed E-state index contributed by atoms with van der Waals surface area (Å²) >= 11 is 0. The Kier molecular flexibility index (Phi) is 9.56. The Balaban J connectivity index is 1.21. The Morgan fingerprint density at radius 2 is 0.905 bits per heavy atom. The van der Waals surface area contributed by atoms with E-state index in [0.29, 0.717) is 27.8 Å². The number of ketones is 2. The summed E-state index contributed by atoms with van der Waals surface area (Å²) in [6, 6.07) is 30.4. The van der Waals surface area contributed by atoms with Crippen molar-refractivity contribution in [3.05, 3.63) is 172 Å². The van der Waals surface area contributed by atoms with Gasteiger partial charge >= 0.3 is 0 Å². The first-order valence-electron chi connectivity index (χ1n) is 20.4. The van der Waals surface area contributed by atoms with Gasteiger partial charge in [-0.05, 0) is 142 Å². The predicted octanol–water partition coefficient (Wildman–Crippen LogP) is 11.9. The highest BCUT2D eigenvalue weighted by atomic mass is 31.1. The largest absolute Gasteiger partial charge is 0.456 e. The molecule has 0 saturated heterocycles. The number of hydrogen-bond acceptors (Lipinski definition) is 4. The zero-order chi connectivity index (χ0) is 44.3. The average molecular weight is 880 g/mol. The fourth-order valence-corrected chi connectivity index (χ4v) is 11.1. The smallest absolute Gasteiger partial charge is 0.196 e. The van der Waals surface area contributed by atoms with E-state index >= 15 is 18.4 Å². The van der Waals surface area contributed by atoms with Gasteiger partial charge < -0.3 is 14.0 Å². The molecule has 10 rings (SSSR count). The molecule has 0 spiro atoms. The van der Waals surface area contributed by atoms with E-state index in [1.807, 2.05) is 16.7 Å². The molecular formula is C52H39F4NO4P2. The van der Waals surface area contributed by atoms with Crippen molar-refractivity contribution in [2.45, 2.75) is 52.4 Å². The molecule has 0 radical (unpaired) electrons. The molecule has 11 heteroatoms. The number of rotatable bonds is 5. The first-order chi connectivity index (χ1) is 29.9. The first kappa shape index (κ1) is 40.9. The maximum atomic E-state index is 16.2. The molecule has 2 atom stereocenters. The van der Waals surface area contributed by atoms with Crippen molar-refractivity contribution in [2.75, 3.05) is 0 Å². The quantitative estimate of drug-likeness (QED) is 0.0982. The summed E-state index contributed by atoms with van der Waals surface area (Å²) in [5.74, 6) is -2.80. The van der Waals surface area contributed by atoms with Gasteiger partial charge in [0.25, 0.3) is 0 Å². The maximum absolute atomic E-state index is 16.2. The van der Waals surface area contributed by atoms with Crippen LogP contribution in [0.15, 0.2) is 115 Å². The van der Waals surface area contributed by atoms with Crippen LogP contribution in [0.25, 0.3) is 27.5 Å². The van der Waals surface area contributed by atoms with Crippen LogP contribution in [0, 0.1) is 23.3 Å². The minimum absolute atomic E-state index is 0.0399. The van der Waals surface area contributed by atoms with Crippen LogP contribution in [0.2, 0.25) is 0 Å². The van der Waals surface area contributed by atoms with E-state index in [-0.39, 0.29) is 72.4 Å². The summed E-state index contributed by atoms with van der Waals surface area (Å²) in [6.07, 6.45) is 0. The highest BCUT2D eigenvalue weighted by Gasteiger charge is 2.32. The molecule has 2 aliphatic rings. The number of carbonyl (C=O) groups is 2. The van der Waals surface area contributed by atoms with Gasteiger partial charge in [0.05, 0.1) is 22.2 Å². The molecule has 314 valence electrons. The molecular weight excluding hydrogens is 841 g/mol. The minimum atomic E-state index is -0.818. The van der Waals surface area contributed by atoms with Crippen molar-refractivity contribution in [1.82, 2.24) is 4.57 Å². The number of ether oxygens (including phenoxy) is 2. The topological polar surface area (TPSA) is 57.5 Å². The third-order valence-corrected chi connectivity index (χ3v) is 14.5. The monoisotopic (exact) mass is 879 g/mol. The van der Waals surface area contributed by atoms with E-state index < -0.39 is 34.8 Å². The van der Waals surface area contributed by atoms with Crippen molar-refractivity contribution >= 4 is 71.8 Å². The van der Waals surface area contributed by atoms with Crippen LogP contribution in [0.3, 0.4) is 0 Å². The molecule has 0 N–H and O–H groups in total. The lowest BCUT2D eigenvalue weighted by Gasteiger charge is -2.23. The Morgan fingerprint density at radius 3 is 1.32 bits per heavy atom. The zero-order valence-electron chi connectivity index (χ0n) is 35.1. The first-order valence-corrected chi connectivity index (χ1v) is 22.4. The summed E-state index contributed by atoms with van der Waals surface area (Å²) in [5.41, 5.74) is 3.21. The lowest BCUT2D eigenvalue weighted by atomic mass is 9.85. The van der Waals surface area contributed by atoms with Crippen LogP contribution in [0.5, 0.6) is 23.0 Å². The number of halogens is 4. The van der Waals surface area contributed by atoms with Crippen molar-refractivity contribution < 1.29 is 36.6 Å². The molecule has 2 unspecified atom stereocenters. The molecule has 0 saturated carbocycles. The van der Waals surface area contributed by atoms with Crippen LogP contribution in [-0.2, 0) is 10.8 Å². The van der Waals surface area contributed by atoms with E-state index in [2.05, 4.69) is 65.8 Å². The summed E-state index contributed by atoms with van der Waals surface area (Å²) in [6.45, 7) is 12.9. The number of hydrogen-bond donors (Lipinski definition) is 0. The summed E-state index contributed by atoms with van der Waals surface area (Å²) in [4.78, 5) is 30.1. The molecule has 8 aromatic rings. The molecule has 0 aliphatic carbocycles. The Labute approximate surface area is 364 Å². The van der Waals surface area contributed by atoms with Gasteiger partial charge in [-0.25, -0.2) is 17.6 Å². The van der Waals surface area contributed by atoms with E-state index in [1.54, 1.807) is 12.1 Å². The molecule has 7 aromatic carbocycles. The van der Waals surface area contributed by atoms with E-state index in [0.717, 1.165) is 45.1 Å². The van der Waals surface area contributed by atoms with E-state index in [4.69, 9.17) is 9.47 Å². The van der Waals surface area contributed by atoms with Crippen LogP contribution < -0.4 is 30.7 Å². The molecule has 3 heterocycles. The standard InChI is InChI=1S/C52H39F4NO4P2/c1-51(2,3)28-7-13-37-33(22-28)34-23-29(52(4,5)6)8-14-38(34)57(37)32-20-26(47(58)45-35(55)11-17-41-49(45)62-43-24-30(53)9-15-39(43)60-41)19-27(21-32)48(59)46-36(56)12-18-42-50(46)63-44-25-31(54)10-16-40(44)61-42/h7-25,62-63H,1-6H3. The second-order valence-electron chi connectivity index (χ2n) is 18.1. The second kappa shape index (κ2) is 14.7. The molecule has 0 amide bonds. The fraction of sp³-hybridized carbons (Fsp3) is 0.154. The number of carbonyl (C=O) groups excluding carboxylic acids is 2. The van der Waals surface area contributed by atoms with Gasteiger partial charge in [0.15, 0.2) is 11.6 Å². The summed E-state index contributed by atoms with van der Waals surface area (Å²) in [7, 11) is -0.643. The highest BCUT2D eigenvalue weighted by Crippen LogP contribution is 2.41. The van der Waals surface area contributed by atoms with Gasteiger partial charge in [-0.3, -0.25) is 9.59 Å². The van der Waals surface area contributed by atoms with Crippen LogP contribution >= 0.6 is 17.2 Å². The summed E-state index contributed by atoms with van der Waals surface area (Å²) in [5, 5.41) is 3.35. The fourth-order valence-electron chi connectivity index (χ4n) is 8.39. The summed E-state index contributed by atoms with van der Waals surface area (Å²) < 4.78 is 75.5. The van der Waals surface area contributed by atoms with Crippen molar-refractivity contribution in [2.24, 2.45) is 0 Å². The normalized spacial score (nSPS) is 13.9. The molecule has 0 bridgehead atoms. The van der Waals surface area contributed by atoms with Crippen molar-refractivity contribution in [3.63, 3.8) is 0 Å². The van der Waals surface area contributed by atoms with Gasteiger partial charge in [0.1, 0.15) is 46.3 Å². The van der Waals surface area contributed by atoms with Crippen LogP contribution in [0.4, 0.5) is 17.6 Å². The van der Waals surface area contributed by atoms with Gasteiger partial charge in [0, 0.05) is 48.8 Å². The zero-order valence-corrected chi connectivity index (χ0v) is 37.1. The highest BCUT2D eigenvalue weighted by molar-refractivity contribution is 7.56. The van der Waals surface area contributed by atoms with E-state index in [9.17, 15) is 8.78 Å². The SMILES string of the molecule is CC(C)(C)c1ccc2c(c1)c1cc(C(C)(C)C)ccc1n2-c1cc(C(=O)c2c(F)ccc3c2Pc2cc(F)ccc2O3)cc(C(=O)c2c(F)ccc3c2Pc2cc(F)ccc2O3)c1. The van der Waals surface area contributed by atoms with Gasteiger partial charge in [-0.15, -0.1) is 0 Å². The maximum Gasteiger partial charge on any atom is 0.196 e. The Hall–Kier alpha value is -6.14. The third kappa shape index (κ3) is 7.03. The van der Waals surface area contributed by atoms with Crippen molar-refractivity contribution in [1.29, 1.82) is 0 Å². The van der Waals surface area contributed by atoms with Crippen LogP contribution in [0.1, 0.15) is 84.5 Å². The van der Waals surface area contributed by atoms with Gasteiger partial charge in [-0.2, -0.15) is 0 Å². The molecule has 0 fully saturated rings. The molecule has 2 aliphatic heterocycles. The van der Waals surface area contributed by atoms with E-state index in [1.165, 1.54) is 54.6 Å². The molecule has 63 heavy (non-hydrogen) atoms. The lowest BCUT2D eigenvalue weighted by Crippen LogP contribution is -2.25. The number of aromatic nitrogens is 1. The molecule has 1 aromatic heterocycles. The van der Waals surface area contributed by atoms with Gasteiger partial charge in [0.2, 0.25) is 0 Å².